The van der Waals surface area contributed by atoms with Crippen molar-refractivity contribution in [1.82, 2.24) is 19.7 Å². The molecule has 0 N–H and O–H groups in total. The highest BCUT2D eigenvalue weighted by molar-refractivity contribution is 5.95. The van der Waals surface area contributed by atoms with Crippen molar-refractivity contribution >= 4 is 11.8 Å². The Labute approximate surface area is 187 Å². The van der Waals surface area contributed by atoms with Crippen LogP contribution in [0.4, 0.5) is 0 Å². The van der Waals surface area contributed by atoms with Gasteiger partial charge in [0.15, 0.2) is 0 Å². The molecule has 1 aromatic heterocycles. The van der Waals surface area contributed by atoms with Gasteiger partial charge in [-0.25, -0.2) is 0 Å². The van der Waals surface area contributed by atoms with Crippen molar-refractivity contribution in [3.8, 4) is 0 Å². The summed E-state index contributed by atoms with van der Waals surface area (Å²) in [6, 6.07) is 4.67. The minimum Gasteiger partial charge on any atom is -0.343 e. The molecule has 0 bridgehead atoms. The van der Waals surface area contributed by atoms with E-state index in [1.165, 1.54) is 32.1 Å². The lowest BCUT2D eigenvalue weighted by molar-refractivity contribution is -0.131. The first-order valence-corrected chi connectivity index (χ1v) is 12.4. The summed E-state index contributed by atoms with van der Waals surface area (Å²) >= 11 is 0. The third kappa shape index (κ3) is 5.11. The number of piperazine rings is 1. The number of pyridine rings is 1. The Balaban J connectivity index is 1.41. The summed E-state index contributed by atoms with van der Waals surface area (Å²) in [4.78, 5) is 36.9. The zero-order valence-corrected chi connectivity index (χ0v) is 19.3. The second-order valence-electron chi connectivity index (χ2n) is 9.51. The van der Waals surface area contributed by atoms with E-state index in [2.05, 4.69) is 4.90 Å². The molecule has 6 nitrogen and oxygen atoms in total. The monoisotopic (exact) mass is 426 g/mol. The number of aryl methyl sites for hydroxylation is 1. The van der Waals surface area contributed by atoms with Crippen LogP contribution in [0, 0.1) is 6.92 Å². The number of carbonyl (C=O) groups excluding carboxylic acids is 2. The molecule has 2 amide bonds. The maximum absolute atomic E-state index is 13.5. The van der Waals surface area contributed by atoms with Crippen LogP contribution in [-0.4, -0.2) is 76.8 Å². The summed E-state index contributed by atoms with van der Waals surface area (Å²) in [5, 5.41) is 0. The standard InChI is InChI=1S/C25H38N4O2/c1-3-23(30)28-13-11-20(12-14-28)24-22(10-9-19(2)26-24)25(31)29-17-15-27(16-18-29)21-7-5-4-6-8-21/h9-10,20-21H,3-8,11-18H2,1-2H3. The maximum atomic E-state index is 13.5. The van der Waals surface area contributed by atoms with Gasteiger partial charge in [-0.1, -0.05) is 26.2 Å². The fourth-order valence-corrected chi connectivity index (χ4v) is 5.60. The van der Waals surface area contributed by atoms with Gasteiger partial charge in [-0.05, 0) is 44.7 Å². The molecule has 0 radical (unpaired) electrons. The van der Waals surface area contributed by atoms with Gasteiger partial charge in [0.2, 0.25) is 5.91 Å². The molecule has 0 atom stereocenters. The van der Waals surface area contributed by atoms with Crippen LogP contribution < -0.4 is 0 Å². The minimum absolute atomic E-state index is 0.137. The molecule has 3 aliphatic rings. The van der Waals surface area contributed by atoms with Gasteiger partial charge in [0.05, 0.1) is 11.3 Å². The van der Waals surface area contributed by atoms with Crippen LogP contribution in [0.2, 0.25) is 0 Å². The van der Waals surface area contributed by atoms with E-state index < -0.39 is 0 Å². The largest absolute Gasteiger partial charge is 0.343 e. The van der Waals surface area contributed by atoms with Crippen molar-refractivity contribution in [2.75, 3.05) is 39.3 Å². The first kappa shape index (κ1) is 22.3. The second kappa shape index (κ2) is 10.1. The second-order valence-corrected chi connectivity index (χ2v) is 9.51. The SMILES string of the molecule is CCC(=O)N1CCC(c2nc(C)ccc2C(=O)N2CCN(C3CCCCC3)CC2)CC1. The van der Waals surface area contributed by atoms with Crippen molar-refractivity contribution in [2.45, 2.75) is 77.2 Å². The first-order valence-electron chi connectivity index (χ1n) is 12.4. The molecule has 0 aromatic carbocycles. The van der Waals surface area contributed by atoms with Gasteiger partial charge < -0.3 is 9.80 Å². The lowest BCUT2D eigenvalue weighted by atomic mass is 9.89. The van der Waals surface area contributed by atoms with E-state index in [1.54, 1.807) is 0 Å². The van der Waals surface area contributed by atoms with Crippen LogP contribution in [-0.2, 0) is 4.79 Å². The zero-order valence-electron chi connectivity index (χ0n) is 19.3. The number of piperidine rings is 1. The highest BCUT2D eigenvalue weighted by Gasteiger charge is 2.31. The van der Waals surface area contributed by atoms with Crippen LogP contribution in [0.15, 0.2) is 12.1 Å². The van der Waals surface area contributed by atoms with Crippen LogP contribution >= 0.6 is 0 Å². The zero-order chi connectivity index (χ0) is 21.8. The van der Waals surface area contributed by atoms with E-state index in [1.807, 2.05) is 35.8 Å². The fourth-order valence-electron chi connectivity index (χ4n) is 5.60. The van der Waals surface area contributed by atoms with Gasteiger partial charge in [-0.3, -0.25) is 19.5 Å². The van der Waals surface area contributed by atoms with Gasteiger partial charge >= 0.3 is 0 Å². The number of aromatic nitrogens is 1. The number of carbonyl (C=O) groups is 2. The number of hydrogen-bond acceptors (Lipinski definition) is 4. The van der Waals surface area contributed by atoms with Crippen molar-refractivity contribution in [3.05, 3.63) is 29.1 Å². The highest BCUT2D eigenvalue weighted by Crippen LogP contribution is 2.31. The summed E-state index contributed by atoms with van der Waals surface area (Å²) < 4.78 is 0. The molecule has 2 saturated heterocycles. The van der Waals surface area contributed by atoms with Gasteiger partial charge in [0, 0.05) is 63.3 Å². The van der Waals surface area contributed by atoms with E-state index in [-0.39, 0.29) is 17.7 Å². The van der Waals surface area contributed by atoms with E-state index in [9.17, 15) is 9.59 Å². The Morgan fingerprint density at radius 2 is 1.58 bits per heavy atom. The molecule has 170 valence electrons. The Kier molecular flexibility index (Phi) is 7.26. The van der Waals surface area contributed by atoms with E-state index in [0.717, 1.165) is 75.1 Å². The number of rotatable bonds is 4. The third-order valence-electron chi connectivity index (χ3n) is 7.52. The van der Waals surface area contributed by atoms with E-state index in [4.69, 9.17) is 4.98 Å². The molecule has 1 saturated carbocycles. The number of nitrogens with zero attached hydrogens (tertiary/aromatic N) is 4. The molecular weight excluding hydrogens is 388 g/mol. The van der Waals surface area contributed by atoms with Gasteiger partial charge in [-0.15, -0.1) is 0 Å². The Bertz CT molecular complexity index is 774. The molecule has 1 aliphatic carbocycles. The normalized spacial score (nSPS) is 22.0. The van der Waals surface area contributed by atoms with Gasteiger partial charge in [-0.2, -0.15) is 0 Å². The molecular formula is C25H38N4O2. The van der Waals surface area contributed by atoms with Gasteiger partial charge in [0.25, 0.3) is 5.91 Å². The van der Waals surface area contributed by atoms with Crippen molar-refractivity contribution in [1.29, 1.82) is 0 Å². The summed E-state index contributed by atoms with van der Waals surface area (Å²) in [5.41, 5.74) is 2.68. The minimum atomic E-state index is 0.137. The molecule has 1 aromatic rings. The maximum Gasteiger partial charge on any atom is 0.255 e. The topological polar surface area (TPSA) is 56.8 Å². The molecule has 0 spiro atoms. The molecule has 3 fully saturated rings. The summed E-state index contributed by atoms with van der Waals surface area (Å²) in [7, 11) is 0. The number of hydrogen-bond donors (Lipinski definition) is 0. The summed E-state index contributed by atoms with van der Waals surface area (Å²) in [6.07, 6.45) is 9.05. The third-order valence-corrected chi connectivity index (χ3v) is 7.52. The number of amides is 2. The van der Waals surface area contributed by atoms with Crippen molar-refractivity contribution < 1.29 is 9.59 Å². The van der Waals surface area contributed by atoms with Crippen molar-refractivity contribution in [2.24, 2.45) is 0 Å². The quantitative estimate of drug-likeness (QED) is 0.738. The lowest BCUT2D eigenvalue weighted by Gasteiger charge is -2.41. The summed E-state index contributed by atoms with van der Waals surface area (Å²) in [5.74, 6) is 0.615. The molecule has 6 heteroatoms. The van der Waals surface area contributed by atoms with Crippen LogP contribution in [0.3, 0.4) is 0 Å². The lowest BCUT2D eigenvalue weighted by Crippen LogP contribution is -2.52. The predicted octanol–water partition coefficient (Wildman–Crippen LogP) is 3.60. The Morgan fingerprint density at radius 3 is 2.23 bits per heavy atom. The molecule has 0 unspecified atom stereocenters. The van der Waals surface area contributed by atoms with Crippen molar-refractivity contribution in [3.63, 3.8) is 0 Å². The molecule has 4 rings (SSSR count). The number of likely N-dealkylation sites (tertiary alicyclic amines) is 1. The molecule has 2 aliphatic heterocycles. The Morgan fingerprint density at radius 1 is 0.903 bits per heavy atom. The van der Waals surface area contributed by atoms with Crippen LogP contribution in [0.1, 0.15) is 86.0 Å². The Hall–Kier alpha value is -1.95. The highest BCUT2D eigenvalue weighted by atomic mass is 16.2. The predicted molar refractivity (Wildman–Crippen MR) is 122 cm³/mol. The molecule has 31 heavy (non-hydrogen) atoms. The average Bonchev–Trinajstić information content (AvgIpc) is 2.84. The van der Waals surface area contributed by atoms with E-state index >= 15 is 0 Å². The fraction of sp³-hybridized carbons (Fsp3) is 0.720. The van der Waals surface area contributed by atoms with E-state index in [0.29, 0.717) is 6.42 Å². The molecule has 3 heterocycles. The van der Waals surface area contributed by atoms with Gasteiger partial charge in [0.1, 0.15) is 0 Å². The first-order chi connectivity index (χ1) is 15.1. The smallest absolute Gasteiger partial charge is 0.255 e. The average molecular weight is 427 g/mol. The van der Waals surface area contributed by atoms with Crippen LogP contribution in [0.25, 0.3) is 0 Å². The van der Waals surface area contributed by atoms with Crippen LogP contribution in [0.5, 0.6) is 0 Å². The summed E-state index contributed by atoms with van der Waals surface area (Å²) in [6.45, 7) is 9.04.